The second-order valence-electron chi connectivity index (χ2n) is 4.30. The Labute approximate surface area is 132 Å². The van der Waals surface area contributed by atoms with Gasteiger partial charge in [-0.15, -0.1) is 0 Å². The van der Waals surface area contributed by atoms with Crippen LogP contribution in [0.4, 0.5) is 0 Å². The first-order chi connectivity index (χ1) is 10.2. The summed E-state index contributed by atoms with van der Waals surface area (Å²) in [5, 5.41) is 10.2. The second kappa shape index (κ2) is 7.81. The number of carbonyl (C=O) groups is 1. The lowest BCUT2D eigenvalue weighted by atomic mass is 10.2. The van der Waals surface area contributed by atoms with Crippen molar-refractivity contribution < 1.29 is 4.79 Å². The van der Waals surface area contributed by atoms with Crippen LogP contribution in [0.1, 0.15) is 17.8 Å². The van der Waals surface area contributed by atoms with Crippen molar-refractivity contribution >= 4 is 35.2 Å². The number of amides is 1. The van der Waals surface area contributed by atoms with Gasteiger partial charge in [-0.1, -0.05) is 35.3 Å². The first kappa shape index (κ1) is 15.5. The van der Waals surface area contributed by atoms with Crippen molar-refractivity contribution in [1.82, 2.24) is 20.5 Å². The molecule has 7 heteroatoms. The smallest absolute Gasteiger partial charge is 0.244 e. The van der Waals surface area contributed by atoms with E-state index >= 15 is 0 Å². The van der Waals surface area contributed by atoms with Crippen LogP contribution in [-0.4, -0.2) is 27.6 Å². The van der Waals surface area contributed by atoms with Gasteiger partial charge >= 0.3 is 0 Å². The van der Waals surface area contributed by atoms with Crippen LogP contribution in [0, 0.1) is 0 Å². The Morgan fingerprint density at radius 1 is 1.38 bits per heavy atom. The molecular formula is C14H14Cl2N4O. The Hall–Kier alpha value is -1.85. The quantitative estimate of drug-likeness (QED) is 0.634. The van der Waals surface area contributed by atoms with E-state index in [1.54, 1.807) is 24.3 Å². The summed E-state index contributed by atoms with van der Waals surface area (Å²) in [6.45, 7) is 0.563. The standard InChI is InChI=1S/C14H14Cl2N4O/c15-11-4-1-3-10(14(11)16)6-7-13(21)17-8-2-5-12-18-9-19-20-12/h1,3-4,6-7,9H,2,5,8H2,(H,17,21)(H,18,19,20). The van der Waals surface area contributed by atoms with Crippen molar-refractivity contribution in [3.05, 3.63) is 52.0 Å². The number of H-pyrrole nitrogens is 1. The summed E-state index contributed by atoms with van der Waals surface area (Å²) in [5.41, 5.74) is 0.709. The third-order valence-corrected chi connectivity index (χ3v) is 3.58. The van der Waals surface area contributed by atoms with Crippen LogP contribution >= 0.6 is 23.2 Å². The summed E-state index contributed by atoms with van der Waals surface area (Å²) >= 11 is 11.9. The average molecular weight is 325 g/mol. The van der Waals surface area contributed by atoms with Gasteiger partial charge in [-0.05, 0) is 24.1 Å². The van der Waals surface area contributed by atoms with Gasteiger partial charge in [0.15, 0.2) is 0 Å². The number of hydrogen-bond donors (Lipinski definition) is 2. The molecular weight excluding hydrogens is 311 g/mol. The maximum absolute atomic E-state index is 11.7. The maximum Gasteiger partial charge on any atom is 0.244 e. The van der Waals surface area contributed by atoms with Gasteiger partial charge in [0, 0.05) is 19.0 Å². The van der Waals surface area contributed by atoms with Crippen molar-refractivity contribution in [3.8, 4) is 0 Å². The van der Waals surface area contributed by atoms with Crippen LogP contribution < -0.4 is 5.32 Å². The average Bonchev–Trinajstić information content (AvgIpc) is 2.98. The monoisotopic (exact) mass is 324 g/mol. The van der Waals surface area contributed by atoms with E-state index in [-0.39, 0.29) is 5.91 Å². The third-order valence-electron chi connectivity index (χ3n) is 2.75. The summed E-state index contributed by atoms with van der Waals surface area (Å²) < 4.78 is 0. The number of nitrogens with one attached hydrogen (secondary N) is 2. The highest BCUT2D eigenvalue weighted by Crippen LogP contribution is 2.26. The lowest BCUT2D eigenvalue weighted by Crippen LogP contribution is -2.22. The molecule has 0 fully saturated rings. The molecule has 0 unspecified atom stereocenters. The first-order valence-electron chi connectivity index (χ1n) is 6.41. The van der Waals surface area contributed by atoms with Crippen molar-refractivity contribution in [3.63, 3.8) is 0 Å². The summed E-state index contributed by atoms with van der Waals surface area (Å²) in [6, 6.07) is 5.27. The molecule has 0 spiro atoms. The molecule has 0 aliphatic heterocycles. The molecule has 0 radical (unpaired) electrons. The van der Waals surface area contributed by atoms with E-state index in [4.69, 9.17) is 23.2 Å². The normalized spacial score (nSPS) is 11.0. The predicted octanol–water partition coefficient (Wildman–Crippen LogP) is 2.87. The van der Waals surface area contributed by atoms with Gasteiger partial charge < -0.3 is 5.32 Å². The Kier molecular flexibility index (Phi) is 5.78. The molecule has 0 saturated carbocycles. The largest absolute Gasteiger partial charge is 0.353 e. The van der Waals surface area contributed by atoms with Gasteiger partial charge in [0.2, 0.25) is 5.91 Å². The molecule has 110 valence electrons. The van der Waals surface area contributed by atoms with E-state index < -0.39 is 0 Å². The number of aryl methyl sites for hydroxylation is 1. The minimum Gasteiger partial charge on any atom is -0.353 e. The van der Waals surface area contributed by atoms with Crippen LogP contribution in [0.5, 0.6) is 0 Å². The Morgan fingerprint density at radius 3 is 3.00 bits per heavy atom. The zero-order chi connectivity index (χ0) is 15.1. The minimum absolute atomic E-state index is 0.177. The number of rotatable bonds is 6. The van der Waals surface area contributed by atoms with E-state index in [1.807, 2.05) is 0 Å². The topological polar surface area (TPSA) is 70.7 Å². The number of hydrogen-bond acceptors (Lipinski definition) is 3. The molecule has 0 atom stereocenters. The maximum atomic E-state index is 11.7. The molecule has 2 rings (SSSR count). The van der Waals surface area contributed by atoms with Gasteiger partial charge in [0.1, 0.15) is 12.2 Å². The lowest BCUT2D eigenvalue weighted by molar-refractivity contribution is -0.116. The molecule has 1 aromatic heterocycles. The van der Waals surface area contributed by atoms with Crippen LogP contribution in [-0.2, 0) is 11.2 Å². The van der Waals surface area contributed by atoms with Crippen LogP contribution in [0.25, 0.3) is 6.08 Å². The number of benzene rings is 1. The molecule has 1 heterocycles. The third kappa shape index (κ3) is 4.88. The van der Waals surface area contributed by atoms with Crippen molar-refractivity contribution in [2.45, 2.75) is 12.8 Å². The molecule has 0 aliphatic carbocycles. The zero-order valence-corrected chi connectivity index (χ0v) is 12.7. The van der Waals surface area contributed by atoms with E-state index in [0.717, 1.165) is 18.7 Å². The summed E-state index contributed by atoms with van der Waals surface area (Å²) in [4.78, 5) is 15.7. The molecule has 0 aliphatic rings. The fraction of sp³-hybridized carbons (Fsp3) is 0.214. The summed E-state index contributed by atoms with van der Waals surface area (Å²) in [5.74, 6) is 0.633. The fourth-order valence-electron chi connectivity index (χ4n) is 1.69. The molecule has 5 nitrogen and oxygen atoms in total. The van der Waals surface area contributed by atoms with E-state index in [9.17, 15) is 4.79 Å². The molecule has 1 amide bonds. The van der Waals surface area contributed by atoms with Crippen molar-refractivity contribution in [2.75, 3.05) is 6.54 Å². The van der Waals surface area contributed by atoms with Gasteiger partial charge in [0.25, 0.3) is 0 Å². The van der Waals surface area contributed by atoms with E-state index in [0.29, 0.717) is 22.2 Å². The first-order valence-corrected chi connectivity index (χ1v) is 7.16. The zero-order valence-electron chi connectivity index (χ0n) is 11.1. The van der Waals surface area contributed by atoms with Crippen LogP contribution in [0.15, 0.2) is 30.6 Å². The molecule has 0 bridgehead atoms. The summed E-state index contributed by atoms with van der Waals surface area (Å²) in [7, 11) is 0. The molecule has 1 aromatic carbocycles. The highest BCUT2D eigenvalue weighted by atomic mass is 35.5. The minimum atomic E-state index is -0.177. The molecule has 0 saturated heterocycles. The molecule has 2 N–H and O–H groups in total. The van der Waals surface area contributed by atoms with Gasteiger partial charge in [-0.25, -0.2) is 4.98 Å². The van der Waals surface area contributed by atoms with E-state index in [1.165, 1.54) is 12.4 Å². The Balaban J connectivity index is 1.76. The SMILES string of the molecule is O=C(C=Cc1cccc(Cl)c1Cl)NCCCc1ncn[nH]1. The highest BCUT2D eigenvalue weighted by Gasteiger charge is 2.02. The second-order valence-corrected chi connectivity index (χ2v) is 5.09. The number of aromatic amines is 1. The predicted molar refractivity (Wildman–Crippen MR) is 83.2 cm³/mol. The fourth-order valence-corrected chi connectivity index (χ4v) is 2.06. The number of halogens is 2. The van der Waals surface area contributed by atoms with Gasteiger partial charge in [-0.3, -0.25) is 9.89 Å². The number of aromatic nitrogens is 3. The van der Waals surface area contributed by atoms with Gasteiger partial charge in [0.05, 0.1) is 10.0 Å². The molecule has 21 heavy (non-hydrogen) atoms. The Bertz CT molecular complexity index is 626. The molecule has 2 aromatic rings. The van der Waals surface area contributed by atoms with Crippen LogP contribution in [0.3, 0.4) is 0 Å². The summed E-state index contributed by atoms with van der Waals surface area (Å²) in [6.07, 6.45) is 6.06. The number of carbonyl (C=O) groups excluding carboxylic acids is 1. The Morgan fingerprint density at radius 2 is 2.24 bits per heavy atom. The van der Waals surface area contributed by atoms with Gasteiger partial charge in [-0.2, -0.15) is 5.10 Å². The van der Waals surface area contributed by atoms with E-state index in [2.05, 4.69) is 20.5 Å². The number of nitrogens with zero attached hydrogens (tertiary/aromatic N) is 2. The van der Waals surface area contributed by atoms with Crippen LogP contribution in [0.2, 0.25) is 10.0 Å². The lowest BCUT2D eigenvalue weighted by Gasteiger charge is -2.02. The van der Waals surface area contributed by atoms with Crippen molar-refractivity contribution in [2.24, 2.45) is 0 Å². The highest BCUT2D eigenvalue weighted by molar-refractivity contribution is 6.42. The van der Waals surface area contributed by atoms with Crippen molar-refractivity contribution in [1.29, 1.82) is 0 Å².